The lowest BCUT2D eigenvalue weighted by Crippen LogP contribution is -2.57. The number of imidazole rings is 1. The van der Waals surface area contributed by atoms with Gasteiger partial charge in [0.1, 0.15) is 24.2 Å². The van der Waals surface area contributed by atoms with Crippen molar-refractivity contribution in [3.8, 4) is 0 Å². The van der Waals surface area contributed by atoms with Crippen molar-refractivity contribution in [2.45, 2.75) is 62.7 Å². The summed E-state index contributed by atoms with van der Waals surface area (Å²) in [6, 6.07) is -4.36. The molecule has 4 amide bonds. The number of nitrogens with one attached hydrogen (secondary N) is 4. The molecular formula is C22H36N8O7. The van der Waals surface area contributed by atoms with Crippen LogP contribution in [-0.4, -0.2) is 105 Å². The Morgan fingerprint density at radius 2 is 1.86 bits per heavy atom. The van der Waals surface area contributed by atoms with Crippen LogP contribution >= 0.6 is 0 Å². The van der Waals surface area contributed by atoms with Gasteiger partial charge in [-0.15, -0.1) is 0 Å². The number of aromatic amines is 1. The number of aliphatic carboxylic acids is 1. The number of aliphatic hydroxyl groups excluding tert-OH is 1. The Kier molecular flexibility index (Phi) is 11.9. The monoisotopic (exact) mass is 524 g/mol. The molecule has 0 saturated carbocycles. The number of hydrogen-bond donors (Lipinski definition) is 8. The second-order valence-electron chi connectivity index (χ2n) is 8.78. The molecule has 1 aromatic rings. The van der Waals surface area contributed by atoms with Crippen molar-refractivity contribution < 1.29 is 34.2 Å². The fourth-order valence-corrected chi connectivity index (χ4v) is 3.93. The van der Waals surface area contributed by atoms with E-state index in [1.807, 2.05) is 0 Å². The first-order chi connectivity index (χ1) is 17.7. The number of hydrogen-bond acceptors (Lipinski definition) is 9. The SMILES string of the molecule is NCCCC[C@H](NC(=O)[C@H](Cc1cnc[nH]1)NC(=O)[C@@H](N)CO)C(=O)NCC(=O)N1CCC[C@H]1C(=O)O. The molecule has 1 aliphatic rings. The number of carbonyl (C=O) groups excluding carboxylic acids is 4. The van der Waals surface area contributed by atoms with Gasteiger partial charge in [-0.25, -0.2) is 9.78 Å². The fraction of sp³-hybridized carbons (Fsp3) is 0.636. The van der Waals surface area contributed by atoms with E-state index in [4.69, 9.17) is 16.6 Å². The summed E-state index contributed by atoms with van der Waals surface area (Å²) in [4.78, 5) is 70.1. The highest BCUT2D eigenvalue weighted by Crippen LogP contribution is 2.17. The average Bonchev–Trinajstić information content (AvgIpc) is 3.58. The van der Waals surface area contributed by atoms with E-state index < -0.39 is 66.9 Å². The summed E-state index contributed by atoms with van der Waals surface area (Å²) in [5, 5.41) is 26.0. The Hall–Kier alpha value is -3.56. The number of likely N-dealkylation sites (tertiary alicyclic amines) is 1. The van der Waals surface area contributed by atoms with Gasteiger partial charge in [0.15, 0.2) is 0 Å². The standard InChI is InChI=1S/C22H36N8O7/c23-6-2-1-4-15(20(34)26-10-18(32)30-7-3-5-17(30)22(36)37)28-21(35)16(8-13-9-25-12-27-13)29-19(33)14(24)11-31/h9,12,14-17,31H,1-8,10-11,23-24H2,(H,25,27)(H,26,34)(H,28,35)(H,29,33)(H,36,37)/t14-,15-,16-,17-/m0/s1. The summed E-state index contributed by atoms with van der Waals surface area (Å²) in [6.45, 7) is -0.384. The van der Waals surface area contributed by atoms with Crippen molar-refractivity contribution in [1.82, 2.24) is 30.8 Å². The van der Waals surface area contributed by atoms with Crippen molar-refractivity contribution in [3.05, 3.63) is 18.2 Å². The van der Waals surface area contributed by atoms with Gasteiger partial charge < -0.3 is 47.5 Å². The molecule has 10 N–H and O–H groups in total. The van der Waals surface area contributed by atoms with Gasteiger partial charge in [0.2, 0.25) is 23.6 Å². The van der Waals surface area contributed by atoms with E-state index in [0.29, 0.717) is 37.9 Å². The number of unbranched alkanes of at least 4 members (excludes halogenated alkanes) is 1. The maximum atomic E-state index is 13.1. The van der Waals surface area contributed by atoms with Crippen LogP contribution in [0.15, 0.2) is 12.5 Å². The number of carbonyl (C=O) groups is 5. The maximum Gasteiger partial charge on any atom is 0.326 e. The van der Waals surface area contributed by atoms with Crippen LogP contribution < -0.4 is 27.4 Å². The third kappa shape index (κ3) is 9.11. The molecule has 2 rings (SSSR count). The number of aliphatic hydroxyl groups is 1. The van der Waals surface area contributed by atoms with Crippen LogP contribution in [0.25, 0.3) is 0 Å². The fourth-order valence-electron chi connectivity index (χ4n) is 3.93. The van der Waals surface area contributed by atoms with Gasteiger partial charge in [-0.1, -0.05) is 0 Å². The molecule has 0 spiro atoms. The number of H-pyrrole nitrogens is 1. The molecule has 0 unspecified atom stereocenters. The zero-order chi connectivity index (χ0) is 27.4. The molecule has 1 saturated heterocycles. The summed E-state index contributed by atoms with van der Waals surface area (Å²) in [5.74, 6) is -3.71. The zero-order valence-corrected chi connectivity index (χ0v) is 20.5. The van der Waals surface area contributed by atoms with Gasteiger partial charge in [0, 0.05) is 24.9 Å². The largest absolute Gasteiger partial charge is 0.480 e. The second kappa shape index (κ2) is 14.9. The van der Waals surface area contributed by atoms with Gasteiger partial charge in [-0.3, -0.25) is 19.2 Å². The number of carboxylic acids is 1. The summed E-state index contributed by atoms with van der Waals surface area (Å²) < 4.78 is 0. The first kappa shape index (κ1) is 29.7. The normalized spacial score (nSPS) is 17.5. The molecule has 1 aliphatic heterocycles. The molecule has 2 heterocycles. The minimum atomic E-state index is -1.24. The molecular weight excluding hydrogens is 488 g/mol. The predicted octanol–water partition coefficient (Wildman–Crippen LogP) is -3.44. The number of carboxylic acid groups (broad SMARTS) is 1. The Labute approximate surface area is 213 Å². The molecule has 15 heteroatoms. The van der Waals surface area contributed by atoms with Crippen molar-refractivity contribution in [2.24, 2.45) is 11.5 Å². The van der Waals surface area contributed by atoms with Crippen molar-refractivity contribution >= 4 is 29.6 Å². The minimum Gasteiger partial charge on any atom is -0.480 e. The van der Waals surface area contributed by atoms with Gasteiger partial charge in [0.05, 0.1) is 19.5 Å². The topological polar surface area (TPSA) is 246 Å². The molecule has 1 fully saturated rings. The summed E-state index contributed by atoms with van der Waals surface area (Å²) >= 11 is 0. The van der Waals surface area contributed by atoms with Crippen LogP contribution in [0.2, 0.25) is 0 Å². The van der Waals surface area contributed by atoms with E-state index >= 15 is 0 Å². The Bertz CT molecular complexity index is 926. The molecule has 206 valence electrons. The van der Waals surface area contributed by atoms with Crippen LogP contribution in [0, 0.1) is 0 Å². The molecule has 37 heavy (non-hydrogen) atoms. The average molecular weight is 525 g/mol. The van der Waals surface area contributed by atoms with E-state index in [1.54, 1.807) is 0 Å². The number of aromatic nitrogens is 2. The number of amides is 4. The molecule has 0 aromatic carbocycles. The maximum absolute atomic E-state index is 13.1. The van der Waals surface area contributed by atoms with Crippen LogP contribution in [0.1, 0.15) is 37.8 Å². The third-order valence-electron chi connectivity index (χ3n) is 6.00. The summed E-state index contributed by atoms with van der Waals surface area (Å²) in [5.41, 5.74) is 11.6. The Balaban J connectivity index is 2.07. The predicted molar refractivity (Wildman–Crippen MR) is 130 cm³/mol. The lowest BCUT2D eigenvalue weighted by atomic mass is 10.1. The Morgan fingerprint density at radius 1 is 1.14 bits per heavy atom. The molecule has 0 radical (unpaired) electrons. The first-order valence-corrected chi connectivity index (χ1v) is 12.1. The lowest BCUT2D eigenvalue weighted by Gasteiger charge is -2.25. The van der Waals surface area contributed by atoms with Crippen LogP contribution in [0.4, 0.5) is 0 Å². The molecule has 4 atom stereocenters. The van der Waals surface area contributed by atoms with E-state index in [-0.39, 0.29) is 19.4 Å². The highest BCUT2D eigenvalue weighted by atomic mass is 16.4. The highest BCUT2D eigenvalue weighted by molar-refractivity contribution is 5.94. The number of nitrogens with two attached hydrogens (primary N) is 2. The van der Waals surface area contributed by atoms with Crippen LogP contribution in [0.3, 0.4) is 0 Å². The van der Waals surface area contributed by atoms with Crippen LogP contribution in [-0.2, 0) is 30.4 Å². The van der Waals surface area contributed by atoms with Crippen molar-refractivity contribution in [3.63, 3.8) is 0 Å². The third-order valence-corrected chi connectivity index (χ3v) is 6.00. The second-order valence-corrected chi connectivity index (χ2v) is 8.78. The number of rotatable bonds is 15. The smallest absolute Gasteiger partial charge is 0.326 e. The summed E-state index contributed by atoms with van der Waals surface area (Å²) in [7, 11) is 0. The number of nitrogens with zero attached hydrogens (tertiary/aromatic N) is 2. The van der Waals surface area contributed by atoms with Gasteiger partial charge in [-0.2, -0.15) is 0 Å². The van der Waals surface area contributed by atoms with Gasteiger partial charge >= 0.3 is 5.97 Å². The van der Waals surface area contributed by atoms with Crippen LogP contribution in [0.5, 0.6) is 0 Å². The zero-order valence-electron chi connectivity index (χ0n) is 20.5. The van der Waals surface area contributed by atoms with Crippen molar-refractivity contribution in [2.75, 3.05) is 26.2 Å². The minimum absolute atomic E-state index is 0.0108. The van der Waals surface area contributed by atoms with E-state index in [2.05, 4.69) is 25.9 Å². The van der Waals surface area contributed by atoms with Gasteiger partial charge in [-0.05, 0) is 38.6 Å². The van der Waals surface area contributed by atoms with Crippen molar-refractivity contribution in [1.29, 1.82) is 0 Å². The van der Waals surface area contributed by atoms with E-state index in [0.717, 1.165) is 0 Å². The van der Waals surface area contributed by atoms with E-state index in [9.17, 15) is 29.1 Å². The highest BCUT2D eigenvalue weighted by Gasteiger charge is 2.34. The van der Waals surface area contributed by atoms with E-state index in [1.165, 1.54) is 17.4 Å². The molecule has 1 aromatic heterocycles. The summed E-state index contributed by atoms with van der Waals surface area (Å²) in [6.07, 6.45) is 5.09. The van der Waals surface area contributed by atoms with Gasteiger partial charge in [0.25, 0.3) is 0 Å². The Morgan fingerprint density at radius 3 is 2.49 bits per heavy atom. The quantitative estimate of drug-likeness (QED) is 0.105. The lowest BCUT2D eigenvalue weighted by molar-refractivity contribution is -0.148. The first-order valence-electron chi connectivity index (χ1n) is 12.1. The molecule has 0 aliphatic carbocycles. The molecule has 15 nitrogen and oxygen atoms in total. The molecule has 0 bridgehead atoms.